The number of carbonyl (C=O) groups is 9. The van der Waals surface area contributed by atoms with Crippen LogP contribution in [-0.4, -0.2) is 127 Å². The lowest BCUT2D eigenvalue weighted by Gasteiger charge is -2.26. The molecule has 71 heavy (non-hydrogen) atoms. The Morgan fingerprint density at radius 3 is 2.13 bits per heavy atom. The molecule has 0 bridgehead atoms. The van der Waals surface area contributed by atoms with E-state index in [4.69, 9.17) is 22.9 Å². The van der Waals surface area contributed by atoms with Gasteiger partial charge in [-0.2, -0.15) is 0 Å². The number of para-hydroxylation sites is 1. The number of nitrogens with two attached hydrogens (primary N) is 4. The zero-order valence-corrected chi connectivity index (χ0v) is 40.8. The number of amides is 9. The molecule has 23 heteroatoms. The molecule has 1 aliphatic rings. The molecule has 0 radical (unpaired) electrons. The molecular weight excluding hydrogens is 917 g/mol. The van der Waals surface area contributed by atoms with Crippen LogP contribution in [0.15, 0.2) is 65.8 Å². The van der Waals surface area contributed by atoms with Crippen LogP contribution in [0.3, 0.4) is 0 Å². The third kappa shape index (κ3) is 20.9. The van der Waals surface area contributed by atoms with Gasteiger partial charge in [0.1, 0.15) is 36.3 Å². The summed E-state index contributed by atoms with van der Waals surface area (Å²) in [5.41, 5.74) is 23.7. The van der Waals surface area contributed by atoms with Gasteiger partial charge in [-0.15, -0.1) is 0 Å². The van der Waals surface area contributed by atoms with Crippen molar-refractivity contribution in [2.45, 2.75) is 128 Å². The Labute approximate surface area is 413 Å². The lowest BCUT2D eigenvalue weighted by molar-refractivity contribution is -0.135. The van der Waals surface area contributed by atoms with Gasteiger partial charge in [-0.05, 0) is 62.3 Å². The van der Waals surface area contributed by atoms with Gasteiger partial charge in [0.05, 0.1) is 6.54 Å². The number of H-pyrrole nitrogens is 1. The highest BCUT2D eigenvalue weighted by Crippen LogP contribution is 2.19. The summed E-state index contributed by atoms with van der Waals surface area (Å²) in [6.07, 6.45) is 3.88. The zero-order chi connectivity index (χ0) is 52.3. The van der Waals surface area contributed by atoms with Crippen LogP contribution < -0.4 is 65.5 Å². The second-order valence-corrected chi connectivity index (χ2v) is 17.0. The van der Waals surface area contributed by atoms with Crippen LogP contribution in [0.4, 0.5) is 0 Å². The van der Waals surface area contributed by atoms with Gasteiger partial charge in [0, 0.05) is 56.4 Å². The van der Waals surface area contributed by atoms with Crippen molar-refractivity contribution in [2.24, 2.45) is 27.9 Å². The third-order valence-electron chi connectivity index (χ3n) is 11.2. The Kier molecular flexibility index (Phi) is 25.1. The minimum atomic E-state index is -1.37. The Balaban J connectivity index is 0.00000176. The van der Waals surface area contributed by atoms with Crippen molar-refractivity contribution in [3.05, 3.63) is 71.9 Å². The molecule has 388 valence electrons. The normalized spacial score (nSPS) is 19.1. The average molecular weight is 989 g/mol. The van der Waals surface area contributed by atoms with Gasteiger partial charge in [0.15, 0.2) is 5.96 Å². The topological polar surface area (TPSA) is 382 Å². The number of aromatic amines is 1. The summed E-state index contributed by atoms with van der Waals surface area (Å²) >= 11 is 0. The molecule has 2 heterocycles. The van der Waals surface area contributed by atoms with Crippen molar-refractivity contribution in [2.75, 3.05) is 26.2 Å². The average Bonchev–Trinajstić information content (AvgIpc) is 3.75. The van der Waals surface area contributed by atoms with Gasteiger partial charge < -0.3 is 70.5 Å². The molecule has 0 spiro atoms. The smallest absolute Gasteiger partial charge is 0.243 e. The first-order valence-corrected chi connectivity index (χ1v) is 23.9. The molecule has 1 aliphatic heterocycles. The Bertz CT molecular complexity index is 2290. The molecule has 6 atom stereocenters. The molecule has 1 saturated heterocycles. The quantitative estimate of drug-likeness (QED) is 0.0506. The summed E-state index contributed by atoms with van der Waals surface area (Å²) < 4.78 is 0. The number of hydrogen-bond acceptors (Lipinski definition) is 11. The predicted molar refractivity (Wildman–Crippen MR) is 267 cm³/mol. The predicted octanol–water partition coefficient (Wildman–Crippen LogP) is -1.62. The third-order valence-corrected chi connectivity index (χ3v) is 11.2. The maximum absolute atomic E-state index is 14.0. The number of carbonyl (C=O) groups excluding carboxylic acids is 9. The zero-order valence-electron chi connectivity index (χ0n) is 40.8. The van der Waals surface area contributed by atoms with E-state index in [0.29, 0.717) is 17.5 Å². The van der Waals surface area contributed by atoms with Crippen molar-refractivity contribution in [1.82, 2.24) is 47.5 Å². The van der Waals surface area contributed by atoms with Gasteiger partial charge >= 0.3 is 0 Å². The van der Waals surface area contributed by atoms with Crippen LogP contribution in [0.1, 0.15) is 89.7 Å². The summed E-state index contributed by atoms with van der Waals surface area (Å²) in [5, 5.41) is 21.8. The van der Waals surface area contributed by atoms with Crippen LogP contribution in [0.2, 0.25) is 0 Å². The van der Waals surface area contributed by atoms with E-state index >= 15 is 0 Å². The number of unbranched alkanes of at least 4 members (excludes halogenated alkanes) is 1. The van der Waals surface area contributed by atoms with E-state index in [-0.39, 0.29) is 70.4 Å². The Hall–Kier alpha value is -7.56. The van der Waals surface area contributed by atoms with Crippen LogP contribution in [0, 0.1) is 0 Å². The SMILES string of the molecule is CCCC[C@H](NC(C)=O)C(=O)NC1CCC(=O)NCCC(C(=O)N[C@@H](Cc2c[nH]c3ccccc23)C(N)=O)NC(=O)CNC(=O)C(Cc2ccccc2)NC(=O)[C@H](CCCN)NC1=O.CCCN=C(N)N. The summed E-state index contributed by atoms with van der Waals surface area (Å²) in [4.78, 5) is 127. The van der Waals surface area contributed by atoms with Crippen molar-refractivity contribution < 1.29 is 43.2 Å². The minimum Gasteiger partial charge on any atom is -0.370 e. The lowest BCUT2D eigenvalue weighted by Crippen LogP contribution is -2.59. The Morgan fingerprint density at radius 1 is 0.775 bits per heavy atom. The maximum Gasteiger partial charge on any atom is 0.243 e. The van der Waals surface area contributed by atoms with Gasteiger partial charge in [-0.1, -0.05) is 75.2 Å². The van der Waals surface area contributed by atoms with Crippen LogP contribution >= 0.6 is 0 Å². The number of aromatic nitrogens is 1. The first-order valence-electron chi connectivity index (χ1n) is 23.9. The number of primary amides is 1. The molecule has 3 aromatic rings. The summed E-state index contributed by atoms with van der Waals surface area (Å²) in [5.74, 6) is -6.27. The van der Waals surface area contributed by atoms with E-state index in [1.807, 2.05) is 38.1 Å². The molecule has 0 saturated carbocycles. The molecule has 9 amide bonds. The maximum atomic E-state index is 14.0. The monoisotopic (exact) mass is 989 g/mol. The van der Waals surface area contributed by atoms with E-state index in [1.54, 1.807) is 36.5 Å². The molecule has 23 nitrogen and oxygen atoms in total. The Morgan fingerprint density at radius 2 is 1.48 bits per heavy atom. The first kappa shape index (κ1) is 57.8. The molecule has 2 aromatic carbocycles. The van der Waals surface area contributed by atoms with E-state index in [1.165, 1.54) is 6.92 Å². The van der Waals surface area contributed by atoms with E-state index < -0.39 is 96.0 Å². The fourth-order valence-electron chi connectivity index (χ4n) is 7.44. The minimum absolute atomic E-state index is 0.0116. The van der Waals surface area contributed by atoms with Gasteiger partial charge in [-0.3, -0.25) is 48.1 Å². The number of nitrogens with one attached hydrogen (secondary N) is 9. The van der Waals surface area contributed by atoms with Crippen LogP contribution in [-0.2, 0) is 56.0 Å². The summed E-state index contributed by atoms with van der Waals surface area (Å²) in [7, 11) is 0. The number of aliphatic imine (C=N–C) groups is 1. The number of hydrogen-bond donors (Lipinski definition) is 13. The van der Waals surface area contributed by atoms with Crippen molar-refractivity contribution in [1.29, 1.82) is 0 Å². The summed E-state index contributed by atoms with van der Waals surface area (Å²) in [6.45, 7) is 5.29. The highest BCUT2D eigenvalue weighted by Gasteiger charge is 2.33. The van der Waals surface area contributed by atoms with Gasteiger partial charge in [0.2, 0.25) is 53.2 Å². The molecule has 17 N–H and O–H groups in total. The number of fused-ring (bicyclic) bond motifs is 1. The number of rotatable bonds is 18. The van der Waals surface area contributed by atoms with Crippen molar-refractivity contribution in [3.8, 4) is 0 Å². The largest absolute Gasteiger partial charge is 0.370 e. The molecular formula is C48H72N14O9. The first-order chi connectivity index (χ1) is 33.9. The lowest BCUT2D eigenvalue weighted by atomic mass is 10.0. The van der Waals surface area contributed by atoms with Crippen LogP contribution in [0.25, 0.3) is 10.9 Å². The molecule has 1 fully saturated rings. The molecule has 1 aromatic heterocycles. The molecule has 3 unspecified atom stereocenters. The van der Waals surface area contributed by atoms with Gasteiger partial charge in [-0.25, -0.2) is 0 Å². The highest BCUT2D eigenvalue weighted by molar-refractivity contribution is 5.97. The standard InChI is InChI=1S/C44H61N11O9.C4H11N3/c1-3-4-14-31(50-26(2)56)41(61)53-33-17-18-37(57)47-21-19-34(44(64)54-35(39(46)59)23-28-24-48-30-15-9-8-13-29(28)30)51-38(58)25-49-40(60)36(22-27-11-6-5-7-12-27)55-42(62)32(16-10-20-45)52-43(33)63;1-2-3-7-4(5)6/h5-9,11-13,15,24,31-36,48H,3-4,10,14,16-23,25,45H2,1-2H3,(H2,46,59)(H,47,57)(H,49,60)(H,50,56)(H,51,58)(H,52,63)(H,53,61)(H,54,64)(H,55,62);2-3H2,1H3,(H4,5,6,7)/t31-,32-,33?,34?,35-,36?;/m0./s1. The van der Waals surface area contributed by atoms with E-state index in [0.717, 1.165) is 30.3 Å². The van der Waals surface area contributed by atoms with Crippen LogP contribution in [0.5, 0.6) is 0 Å². The highest BCUT2D eigenvalue weighted by atomic mass is 16.2. The number of nitrogens with zero attached hydrogens (tertiary/aromatic N) is 1. The van der Waals surface area contributed by atoms with E-state index in [9.17, 15) is 43.2 Å². The van der Waals surface area contributed by atoms with Crippen molar-refractivity contribution >= 4 is 70.0 Å². The number of benzene rings is 2. The second kappa shape index (κ2) is 30.8. The fraction of sp³-hybridized carbons (Fsp3) is 0.500. The van der Waals surface area contributed by atoms with Crippen molar-refractivity contribution in [3.63, 3.8) is 0 Å². The number of guanidine groups is 1. The van der Waals surface area contributed by atoms with E-state index in [2.05, 4.69) is 52.5 Å². The molecule has 0 aliphatic carbocycles. The summed E-state index contributed by atoms with van der Waals surface area (Å²) in [6, 6.07) is 8.73. The van der Waals surface area contributed by atoms with Gasteiger partial charge in [0.25, 0.3) is 0 Å². The molecule has 4 rings (SSSR count). The fourth-order valence-corrected chi connectivity index (χ4v) is 7.44. The second-order valence-electron chi connectivity index (χ2n) is 17.0.